The van der Waals surface area contributed by atoms with E-state index in [4.69, 9.17) is 4.74 Å². The zero-order chi connectivity index (χ0) is 23.8. The first kappa shape index (κ1) is 24.3. The minimum Gasteiger partial charge on any atom is -0.373 e. The Kier molecular flexibility index (Phi) is 8.13. The summed E-state index contributed by atoms with van der Waals surface area (Å²) in [5.41, 5.74) is 3.97. The minimum atomic E-state index is -0.409. The van der Waals surface area contributed by atoms with Gasteiger partial charge in [0.25, 0.3) is 0 Å². The molecule has 0 saturated heterocycles. The zero-order valence-electron chi connectivity index (χ0n) is 19.6. The number of benzene rings is 1. The van der Waals surface area contributed by atoms with Gasteiger partial charge in [0.2, 0.25) is 0 Å². The van der Waals surface area contributed by atoms with Crippen molar-refractivity contribution in [3.63, 3.8) is 0 Å². The van der Waals surface area contributed by atoms with Gasteiger partial charge in [-0.3, -0.25) is 4.99 Å². The molecule has 2 aliphatic carbocycles. The van der Waals surface area contributed by atoms with Gasteiger partial charge in [0.1, 0.15) is 5.82 Å². The molecule has 0 aliphatic heterocycles. The molecule has 0 radical (unpaired) electrons. The first-order valence-corrected chi connectivity index (χ1v) is 11.3. The molecule has 3 rings (SSSR count). The maximum absolute atomic E-state index is 13.5. The van der Waals surface area contributed by atoms with Crippen LogP contribution in [0, 0.1) is 22.6 Å². The van der Waals surface area contributed by atoms with Gasteiger partial charge in [-0.1, -0.05) is 37.3 Å². The predicted octanol–water partition coefficient (Wildman–Crippen LogP) is 6.41. The first-order valence-electron chi connectivity index (χ1n) is 11.3. The molecular formula is C27H31FN4O. The Bertz CT molecular complexity index is 1080. The first-order chi connectivity index (χ1) is 16.0. The highest BCUT2D eigenvalue weighted by molar-refractivity contribution is 5.78. The fraction of sp³-hybridized carbons (Fsp3) is 0.370. The molecule has 6 heteroatoms. The molecule has 1 saturated carbocycles. The normalized spacial score (nSPS) is 22.5. The number of nitrogens with zero attached hydrogens (tertiary/aromatic N) is 4. The number of hydrogen-bond acceptors (Lipinski definition) is 5. The van der Waals surface area contributed by atoms with Gasteiger partial charge in [-0.05, 0) is 63.3 Å². The Labute approximate surface area is 196 Å². The molecule has 172 valence electrons. The molecule has 0 spiro atoms. The van der Waals surface area contributed by atoms with E-state index >= 15 is 0 Å². The summed E-state index contributed by atoms with van der Waals surface area (Å²) in [4.78, 5) is 4.23. The number of fused-ring (bicyclic) bond motifs is 1. The van der Waals surface area contributed by atoms with E-state index in [0.717, 1.165) is 36.9 Å². The summed E-state index contributed by atoms with van der Waals surface area (Å²) in [7, 11) is 0. The van der Waals surface area contributed by atoms with Crippen molar-refractivity contribution in [1.29, 1.82) is 5.26 Å². The monoisotopic (exact) mass is 446 g/mol. The molecule has 2 aliphatic rings. The van der Waals surface area contributed by atoms with Crippen molar-refractivity contribution in [2.24, 2.45) is 15.5 Å². The standard InChI is InChI=1S/C27H31FN4O/c1-5-14-30-18-20(4)32(31-7-3)25-12-13-27(6-2)23(16-25)9-11-26(27)33-19-21-8-10-24(28)15-22(21)17-29/h5,7-8,10,12,14-16,18,26H,4,6,9,11,13,19H2,1-3H3/b14-5-,30-18?,31-7-/t26?,27-/m0/s1. The minimum absolute atomic E-state index is 0.0331. The van der Waals surface area contributed by atoms with E-state index in [0.29, 0.717) is 17.9 Å². The van der Waals surface area contributed by atoms with E-state index in [2.05, 4.69) is 41.8 Å². The van der Waals surface area contributed by atoms with Crippen LogP contribution in [0.4, 0.5) is 4.39 Å². The summed E-state index contributed by atoms with van der Waals surface area (Å²) in [6.45, 7) is 10.4. The van der Waals surface area contributed by atoms with Crippen molar-refractivity contribution < 1.29 is 9.13 Å². The van der Waals surface area contributed by atoms with Crippen molar-refractivity contribution >= 4 is 12.4 Å². The molecule has 1 aromatic rings. The van der Waals surface area contributed by atoms with Gasteiger partial charge in [0, 0.05) is 17.8 Å². The van der Waals surface area contributed by atoms with E-state index in [1.165, 1.54) is 17.7 Å². The number of allylic oxidation sites excluding steroid dienone is 4. The highest BCUT2D eigenvalue weighted by atomic mass is 19.1. The van der Waals surface area contributed by atoms with Gasteiger partial charge in [-0.25, -0.2) is 9.40 Å². The lowest BCUT2D eigenvalue weighted by atomic mass is 9.72. The summed E-state index contributed by atoms with van der Waals surface area (Å²) in [6.07, 6.45) is 15.1. The SMILES string of the molecule is C=C(C=N/C=C\C)N(/N=C\C)C1=CC[C@@]2(CC)C(=C1)CCC2OCc1ccc(F)cc1C#N. The van der Waals surface area contributed by atoms with Crippen molar-refractivity contribution in [2.75, 3.05) is 0 Å². The second-order valence-electron chi connectivity index (χ2n) is 8.20. The summed E-state index contributed by atoms with van der Waals surface area (Å²) in [5, 5.41) is 15.6. The third-order valence-corrected chi connectivity index (χ3v) is 6.40. The maximum atomic E-state index is 13.5. The zero-order valence-corrected chi connectivity index (χ0v) is 19.6. The number of halogens is 1. The van der Waals surface area contributed by atoms with Crippen molar-refractivity contribution in [3.8, 4) is 6.07 Å². The number of hydrogen-bond donors (Lipinski definition) is 0. The fourth-order valence-corrected chi connectivity index (χ4v) is 4.67. The van der Waals surface area contributed by atoms with Crippen LogP contribution < -0.4 is 0 Å². The van der Waals surface area contributed by atoms with Crippen molar-refractivity contribution in [2.45, 2.75) is 59.2 Å². The molecule has 1 fully saturated rings. The Morgan fingerprint density at radius 1 is 1.42 bits per heavy atom. The van der Waals surface area contributed by atoms with Crippen LogP contribution in [0.15, 0.2) is 76.3 Å². The van der Waals surface area contributed by atoms with Gasteiger partial charge in [-0.2, -0.15) is 10.4 Å². The van der Waals surface area contributed by atoms with Crippen LogP contribution in [0.25, 0.3) is 0 Å². The van der Waals surface area contributed by atoms with E-state index in [1.807, 2.05) is 24.9 Å². The average Bonchev–Trinajstić information content (AvgIpc) is 3.19. The van der Waals surface area contributed by atoms with Crippen LogP contribution in [0.5, 0.6) is 0 Å². The largest absolute Gasteiger partial charge is 0.373 e. The molecule has 2 atom stereocenters. The van der Waals surface area contributed by atoms with E-state index in [1.54, 1.807) is 24.7 Å². The van der Waals surface area contributed by atoms with Gasteiger partial charge in [0.05, 0.1) is 42.0 Å². The lowest BCUT2D eigenvalue weighted by Crippen LogP contribution is -2.35. The lowest BCUT2D eigenvalue weighted by molar-refractivity contribution is -0.0221. The smallest absolute Gasteiger partial charge is 0.124 e. The summed E-state index contributed by atoms with van der Waals surface area (Å²) in [6, 6.07) is 6.34. The quantitative estimate of drug-likeness (QED) is 0.325. The number of ether oxygens (including phenoxy) is 1. The third-order valence-electron chi connectivity index (χ3n) is 6.40. The second-order valence-corrected chi connectivity index (χ2v) is 8.20. The van der Waals surface area contributed by atoms with E-state index in [-0.39, 0.29) is 11.5 Å². The van der Waals surface area contributed by atoms with Crippen LogP contribution >= 0.6 is 0 Å². The molecule has 0 N–H and O–H groups in total. The van der Waals surface area contributed by atoms with E-state index < -0.39 is 5.82 Å². The Morgan fingerprint density at radius 3 is 2.94 bits per heavy atom. The summed E-state index contributed by atoms with van der Waals surface area (Å²) >= 11 is 0. The summed E-state index contributed by atoms with van der Waals surface area (Å²) in [5.74, 6) is -0.409. The van der Waals surface area contributed by atoms with Gasteiger partial charge in [0.15, 0.2) is 0 Å². The number of aliphatic imine (C=N–C) groups is 1. The predicted molar refractivity (Wildman–Crippen MR) is 131 cm³/mol. The molecule has 1 unspecified atom stereocenters. The summed E-state index contributed by atoms with van der Waals surface area (Å²) < 4.78 is 19.8. The third kappa shape index (κ3) is 5.20. The van der Waals surface area contributed by atoms with Gasteiger partial charge < -0.3 is 4.74 Å². The fourth-order valence-electron chi connectivity index (χ4n) is 4.67. The topological polar surface area (TPSA) is 61.0 Å². The molecule has 1 aromatic carbocycles. The maximum Gasteiger partial charge on any atom is 0.124 e. The molecule has 33 heavy (non-hydrogen) atoms. The van der Waals surface area contributed by atoms with Crippen molar-refractivity contribution in [1.82, 2.24) is 5.01 Å². The van der Waals surface area contributed by atoms with E-state index in [9.17, 15) is 9.65 Å². The van der Waals surface area contributed by atoms with Crippen LogP contribution in [0.2, 0.25) is 0 Å². The number of rotatable bonds is 9. The van der Waals surface area contributed by atoms with Gasteiger partial charge in [-0.15, -0.1) is 0 Å². The van der Waals surface area contributed by atoms with Crippen LogP contribution in [-0.4, -0.2) is 23.5 Å². The molecular weight excluding hydrogens is 415 g/mol. The van der Waals surface area contributed by atoms with Crippen LogP contribution in [0.1, 0.15) is 57.6 Å². The molecule has 0 bridgehead atoms. The van der Waals surface area contributed by atoms with Crippen molar-refractivity contribution in [3.05, 3.63) is 83.1 Å². The average molecular weight is 447 g/mol. The van der Waals surface area contributed by atoms with Crippen LogP contribution in [0.3, 0.4) is 0 Å². The lowest BCUT2D eigenvalue weighted by Gasteiger charge is -2.38. The Hall–Kier alpha value is -3.30. The second kappa shape index (κ2) is 11.0. The molecule has 0 amide bonds. The highest BCUT2D eigenvalue weighted by Crippen LogP contribution is 2.53. The van der Waals surface area contributed by atoms with Crippen LogP contribution in [-0.2, 0) is 11.3 Å². The van der Waals surface area contributed by atoms with Gasteiger partial charge >= 0.3 is 0 Å². The molecule has 0 aromatic heterocycles. The number of nitriles is 1. The molecule has 5 nitrogen and oxygen atoms in total. The number of hydrazone groups is 1. The highest BCUT2D eigenvalue weighted by Gasteiger charge is 2.47. The Balaban J connectivity index is 1.79. The molecule has 0 heterocycles. The Morgan fingerprint density at radius 2 is 2.24 bits per heavy atom.